The minimum absolute atomic E-state index is 0.318. The highest BCUT2D eigenvalue weighted by molar-refractivity contribution is 7.09. The number of aryl methyl sites for hydroxylation is 1. The molecule has 3 N–H and O–H groups in total. The zero-order valence-corrected chi connectivity index (χ0v) is 15.3. The first kappa shape index (κ1) is 18.3. The van der Waals surface area contributed by atoms with Gasteiger partial charge < -0.3 is 15.7 Å². The Labute approximate surface area is 148 Å². The lowest BCUT2D eigenvalue weighted by Gasteiger charge is -2.15. The maximum atomic E-state index is 9.28. The molecule has 2 aromatic rings. The second-order valence-electron chi connectivity index (χ2n) is 6.04. The molecule has 0 fully saturated rings. The number of nitrogens with zero attached hydrogens (tertiary/aromatic N) is 1. The lowest BCUT2D eigenvalue weighted by molar-refractivity contribution is 0.475. The maximum absolute atomic E-state index is 9.28. The van der Waals surface area contributed by atoms with Crippen LogP contribution < -0.4 is 10.6 Å². The molecule has 0 saturated carbocycles. The Morgan fingerprint density at radius 2 is 2.00 bits per heavy atom. The van der Waals surface area contributed by atoms with Crippen LogP contribution in [0.2, 0.25) is 0 Å². The first-order chi connectivity index (χ1) is 11.7. The average molecular weight is 346 g/mol. The number of guanidine groups is 1. The van der Waals surface area contributed by atoms with E-state index < -0.39 is 0 Å². The summed E-state index contributed by atoms with van der Waals surface area (Å²) in [6.45, 7) is 4.04. The molecule has 0 aliphatic rings. The summed E-state index contributed by atoms with van der Waals surface area (Å²) in [6, 6.07) is 11.7. The summed E-state index contributed by atoms with van der Waals surface area (Å²) < 4.78 is 0. The summed E-state index contributed by atoms with van der Waals surface area (Å²) in [5, 5.41) is 18.2. The Morgan fingerprint density at radius 1 is 1.21 bits per heavy atom. The predicted molar refractivity (Wildman–Crippen MR) is 103 cm³/mol. The molecule has 1 unspecified atom stereocenters. The third-order valence-electron chi connectivity index (χ3n) is 3.84. The molecule has 2 rings (SSSR count). The molecule has 1 atom stereocenters. The van der Waals surface area contributed by atoms with Crippen LogP contribution in [0.25, 0.3) is 0 Å². The van der Waals surface area contributed by atoms with Crippen molar-refractivity contribution in [2.45, 2.75) is 26.2 Å². The normalized spacial score (nSPS) is 12.8. The predicted octanol–water partition coefficient (Wildman–Crippen LogP) is 3.43. The number of rotatable bonds is 8. The second-order valence-corrected chi connectivity index (χ2v) is 7.07. The third kappa shape index (κ3) is 6.62. The fraction of sp³-hybridized carbons (Fsp3) is 0.421. The van der Waals surface area contributed by atoms with Crippen LogP contribution in [0.5, 0.6) is 5.75 Å². The number of thiophene rings is 1. The van der Waals surface area contributed by atoms with Gasteiger partial charge in [0.1, 0.15) is 5.75 Å². The van der Waals surface area contributed by atoms with Crippen molar-refractivity contribution in [3.63, 3.8) is 0 Å². The first-order valence-electron chi connectivity index (χ1n) is 8.42. The van der Waals surface area contributed by atoms with Gasteiger partial charge in [-0.3, -0.25) is 4.99 Å². The molecule has 5 heteroatoms. The molecular weight excluding hydrogens is 318 g/mol. The SMILES string of the molecule is CN=C(NCCCc1ccc(O)cc1)NCC(C)Cc1cccs1. The van der Waals surface area contributed by atoms with E-state index in [1.165, 1.54) is 10.4 Å². The summed E-state index contributed by atoms with van der Waals surface area (Å²) in [5.74, 6) is 1.75. The Morgan fingerprint density at radius 3 is 2.67 bits per heavy atom. The quantitative estimate of drug-likeness (QED) is 0.390. The van der Waals surface area contributed by atoms with Crippen molar-refractivity contribution < 1.29 is 5.11 Å². The van der Waals surface area contributed by atoms with Gasteiger partial charge in [-0.1, -0.05) is 25.1 Å². The van der Waals surface area contributed by atoms with E-state index in [1.54, 1.807) is 19.2 Å². The lowest BCUT2D eigenvalue weighted by atomic mass is 10.1. The molecule has 0 bridgehead atoms. The summed E-state index contributed by atoms with van der Waals surface area (Å²) in [4.78, 5) is 5.71. The highest BCUT2D eigenvalue weighted by Gasteiger charge is 2.06. The van der Waals surface area contributed by atoms with Crippen LogP contribution in [0.4, 0.5) is 0 Å². The van der Waals surface area contributed by atoms with Crippen LogP contribution in [0, 0.1) is 5.92 Å². The Kier molecular flexibility index (Phi) is 7.62. The van der Waals surface area contributed by atoms with E-state index >= 15 is 0 Å². The third-order valence-corrected chi connectivity index (χ3v) is 4.74. The average Bonchev–Trinajstić information content (AvgIpc) is 3.08. The lowest BCUT2D eigenvalue weighted by Crippen LogP contribution is -2.40. The van der Waals surface area contributed by atoms with Gasteiger partial charge >= 0.3 is 0 Å². The Bertz CT molecular complexity index is 608. The zero-order chi connectivity index (χ0) is 17.2. The summed E-state index contributed by atoms with van der Waals surface area (Å²) in [5.41, 5.74) is 1.24. The van der Waals surface area contributed by atoms with E-state index in [0.717, 1.165) is 38.3 Å². The molecule has 1 aromatic carbocycles. The number of aliphatic imine (C=N–C) groups is 1. The van der Waals surface area contributed by atoms with E-state index in [4.69, 9.17) is 0 Å². The van der Waals surface area contributed by atoms with Crippen molar-refractivity contribution in [3.8, 4) is 5.75 Å². The van der Waals surface area contributed by atoms with Crippen molar-refractivity contribution in [1.82, 2.24) is 10.6 Å². The number of nitrogens with one attached hydrogen (secondary N) is 2. The van der Waals surface area contributed by atoms with Gasteiger partial charge in [-0.05, 0) is 54.3 Å². The number of phenolic OH excluding ortho intramolecular Hbond substituents is 1. The minimum atomic E-state index is 0.318. The van der Waals surface area contributed by atoms with Gasteiger partial charge in [-0.15, -0.1) is 11.3 Å². The Hall–Kier alpha value is -2.01. The molecule has 0 saturated heterocycles. The molecule has 0 aliphatic heterocycles. The van der Waals surface area contributed by atoms with Crippen LogP contribution >= 0.6 is 11.3 Å². The van der Waals surface area contributed by atoms with Gasteiger partial charge in [0.15, 0.2) is 5.96 Å². The van der Waals surface area contributed by atoms with Gasteiger partial charge in [-0.2, -0.15) is 0 Å². The van der Waals surface area contributed by atoms with E-state index in [9.17, 15) is 5.11 Å². The summed E-state index contributed by atoms with van der Waals surface area (Å²) in [7, 11) is 1.80. The molecule has 24 heavy (non-hydrogen) atoms. The van der Waals surface area contributed by atoms with Crippen LogP contribution in [-0.2, 0) is 12.8 Å². The van der Waals surface area contributed by atoms with Crippen molar-refractivity contribution in [2.75, 3.05) is 20.1 Å². The Balaban J connectivity index is 1.62. The van der Waals surface area contributed by atoms with Crippen molar-refractivity contribution in [2.24, 2.45) is 10.9 Å². The number of hydrogen-bond acceptors (Lipinski definition) is 3. The fourth-order valence-electron chi connectivity index (χ4n) is 2.50. The molecule has 1 heterocycles. The van der Waals surface area contributed by atoms with Gasteiger partial charge in [0.05, 0.1) is 0 Å². The molecular formula is C19H27N3OS. The standard InChI is InChI=1S/C19H27N3OS/c1-15(13-18-6-4-12-24-18)14-22-19(20-2)21-11-3-5-16-7-9-17(23)10-8-16/h4,6-10,12,15,23H,3,5,11,13-14H2,1-2H3,(H2,20,21,22). The van der Waals surface area contributed by atoms with Gasteiger partial charge in [-0.25, -0.2) is 0 Å². The number of aromatic hydroxyl groups is 1. The molecule has 4 nitrogen and oxygen atoms in total. The minimum Gasteiger partial charge on any atom is -0.508 e. The molecule has 0 amide bonds. The molecule has 0 radical (unpaired) electrons. The van der Waals surface area contributed by atoms with E-state index in [0.29, 0.717) is 11.7 Å². The monoisotopic (exact) mass is 345 g/mol. The van der Waals surface area contributed by atoms with Gasteiger partial charge in [0.2, 0.25) is 0 Å². The van der Waals surface area contributed by atoms with E-state index in [2.05, 4.69) is 40.1 Å². The highest BCUT2D eigenvalue weighted by atomic mass is 32.1. The van der Waals surface area contributed by atoms with Crippen molar-refractivity contribution in [1.29, 1.82) is 0 Å². The second kappa shape index (κ2) is 9.98. The topological polar surface area (TPSA) is 56.7 Å². The molecule has 0 spiro atoms. The first-order valence-corrected chi connectivity index (χ1v) is 9.30. The summed E-state index contributed by atoms with van der Waals surface area (Å²) in [6.07, 6.45) is 3.11. The van der Waals surface area contributed by atoms with Crippen LogP contribution in [-0.4, -0.2) is 31.2 Å². The number of phenols is 1. The van der Waals surface area contributed by atoms with Gasteiger partial charge in [0, 0.05) is 25.0 Å². The number of benzene rings is 1. The molecule has 130 valence electrons. The van der Waals surface area contributed by atoms with Crippen LogP contribution in [0.1, 0.15) is 23.8 Å². The highest BCUT2D eigenvalue weighted by Crippen LogP contribution is 2.13. The maximum Gasteiger partial charge on any atom is 0.190 e. The van der Waals surface area contributed by atoms with Crippen molar-refractivity contribution >= 4 is 17.3 Å². The fourth-order valence-corrected chi connectivity index (χ4v) is 3.37. The van der Waals surface area contributed by atoms with Crippen LogP contribution in [0.3, 0.4) is 0 Å². The van der Waals surface area contributed by atoms with Gasteiger partial charge in [0.25, 0.3) is 0 Å². The zero-order valence-electron chi connectivity index (χ0n) is 14.5. The number of hydrogen-bond donors (Lipinski definition) is 3. The largest absolute Gasteiger partial charge is 0.508 e. The van der Waals surface area contributed by atoms with Crippen LogP contribution in [0.15, 0.2) is 46.8 Å². The van der Waals surface area contributed by atoms with E-state index in [-0.39, 0.29) is 0 Å². The summed E-state index contributed by atoms with van der Waals surface area (Å²) >= 11 is 1.82. The van der Waals surface area contributed by atoms with Crippen molar-refractivity contribution in [3.05, 3.63) is 52.2 Å². The van der Waals surface area contributed by atoms with E-state index in [1.807, 2.05) is 23.5 Å². The molecule has 1 aromatic heterocycles. The molecule has 0 aliphatic carbocycles. The smallest absolute Gasteiger partial charge is 0.190 e.